The number of nitrogens with one attached hydrogen (secondary N) is 3. The van der Waals surface area contributed by atoms with E-state index in [0.29, 0.717) is 12.1 Å². The van der Waals surface area contributed by atoms with E-state index >= 15 is 13.2 Å². The van der Waals surface area contributed by atoms with Gasteiger partial charge in [-0.15, -0.1) is 11.3 Å². The highest BCUT2D eigenvalue weighted by atomic mass is 32.1. The van der Waals surface area contributed by atoms with Gasteiger partial charge in [-0.05, 0) is 76.1 Å². The maximum atomic E-state index is 16.1. The van der Waals surface area contributed by atoms with E-state index in [1.165, 1.54) is 18.7 Å². The number of thiazole rings is 1. The van der Waals surface area contributed by atoms with Crippen LogP contribution in [0.5, 0.6) is 5.75 Å². The van der Waals surface area contributed by atoms with Crippen molar-refractivity contribution < 1.29 is 51.6 Å². The van der Waals surface area contributed by atoms with Crippen LogP contribution in [0.2, 0.25) is 0 Å². The number of aromatic amines is 1. The summed E-state index contributed by atoms with van der Waals surface area (Å²) in [6.45, 7) is 15.9. The monoisotopic (exact) mass is 1020 g/mol. The first-order valence-corrected chi connectivity index (χ1v) is 25.5. The predicted molar refractivity (Wildman–Crippen MR) is 270 cm³/mol. The Labute approximate surface area is 424 Å². The van der Waals surface area contributed by atoms with Gasteiger partial charge < -0.3 is 44.6 Å². The summed E-state index contributed by atoms with van der Waals surface area (Å²) < 4.78 is 70.5. The van der Waals surface area contributed by atoms with Crippen LogP contribution in [0.4, 0.5) is 13.2 Å². The number of benzene rings is 3. The second-order valence-electron chi connectivity index (χ2n) is 20.7. The Hall–Kier alpha value is -5.37. The first kappa shape index (κ1) is 54.4. The Morgan fingerprint density at radius 1 is 0.958 bits per heavy atom. The molecule has 390 valence electrons. The number of aliphatic hydroxyl groups is 1. The van der Waals surface area contributed by atoms with Gasteiger partial charge in [0.2, 0.25) is 17.7 Å². The fourth-order valence-electron chi connectivity index (χ4n) is 9.51. The van der Waals surface area contributed by atoms with Crippen molar-refractivity contribution in [3.63, 3.8) is 0 Å². The number of carbonyl (C=O) groups excluding carboxylic acids is 3. The maximum absolute atomic E-state index is 16.1. The molecule has 2 aliphatic heterocycles. The molecule has 3 aromatic carbocycles. The Kier molecular flexibility index (Phi) is 17.6. The first-order chi connectivity index (χ1) is 34.1. The molecule has 4 N–H and O–H groups in total. The number of H-pyrrole nitrogens is 1. The highest BCUT2D eigenvalue weighted by Gasteiger charge is 2.45. The lowest BCUT2D eigenvalue weighted by Gasteiger charge is -2.43. The van der Waals surface area contributed by atoms with E-state index in [9.17, 15) is 19.5 Å². The van der Waals surface area contributed by atoms with Crippen molar-refractivity contribution in [2.24, 2.45) is 5.41 Å². The molecule has 4 heterocycles. The summed E-state index contributed by atoms with van der Waals surface area (Å²) in [6, 6.07) is 14.8. The molecule has 7 rings (SSSR count). The summed E-state index contributed by atoms with van der Waals surface area (Å²) in [6.07, 6.45) is -1.04. The van der Waals surface area contributed by atoms with Crippen molar-refractivity contribution in [1.82, 2.24) is 30.4 Å². The van der Waals surface area contributed by atoms with E-state index in [1.54, 1.807) is 37.6 Å². The van der Waals surface area contributed by atoms with Crippen LogP contribution in [-0.4, -0.2) is 131 Å². The van der Waals surface area contributed by atoms with Gasteiger partial charge in [0.15, 0.2) is 0 Å². The van der Waals surface area contributed by atoms with Gasteiger partial charge in [0, 0.05) is 66.4 Å². The lowest BCUT2D eigenvalue weighted by Crippen LogP contribution is -2.58. The summed E-state index contributed by atoms with van der Waals surface area (Å²) in [5, 5.41) is 17.3. The van der Waals surface area contributed by atoms with E-state index in [0.717, 1.165) is 50.3 Å². The quantitative estimate of drug-likeness (QED) is 0.0530. The van der Waals surface area contributed by atoms with Crippen LogP contribution >= 0.6 is 11.3 Å². The van der Waals surface area contributed by atoms with Gasteiger partial charge in [0.1, 0.15) is 48.4 Å². The number of aromatic nitrogens is 2. The molecule has 0 aliphatic carbocycles. The van der Waals surface area contributed by atoms with E-state index < -0.39 is 76.9 Å². The Morgan fingerprint density at radius 2 is 1.62 bits per heavy atom. The van der Waals surface area contributed by atoms with Gasteiger partial charge in [-0.2, -0.15) is 0 Å². The Balaban J connectivity index is 0.836. The Morgan fingerprint density at radius 3 is 2.26 bits per heavy atom. The van der Waals surface area contributed by atoms with Gasteiger partial charge in [-0.1, -0.05) is 63.2 Å². The molecule has 0 spiro atoms. The van der Waals surface area contributed by atoms with Crippen LogP contribution in [0.15, 0.2) is 66.2 Å². The molecule has 18 heteroatoms. The summed E-state index contributed by atoms with van der Waals surface area (Å²) in [4.78, 5) is 52.6. The number of ether oxygens (including phenoxy) is 4. The fourth-order valence-corrected chi connectivity index (χ4v) is 10.3. The molecule has 72 heavy (non-hydrogen) atoms. The van der Waals surface area contributed by atoms with Gasteiger partial charge in [-0.3, -0.25) is 19.3 Å². The van der Waals surface area contributed by atoms with E-state index in [1.807, 2.05) is 81.1 Å². The fraction of sp³-hybridized carbons (Fsp3) is 0.519. The maximum Gasteiger partial charge on any atom is 0.246 e. The minimum absolute atomic E-state index is 0.00334. The molecule has 0 radical (unpaired) electrons. The molecule has 7 atom stereocenters. The molecular formula is C54H69F3N6O8S. The number of carbonyl (C=O) groups is 3. The second kappa shape index (κ2) is 23.2. The first-order valence-electron chi connectivity index (χ1n) is 24.6. The number of amides is 3. The normalized spacial score (nSPS) is 19.8. The van der Waals surface area contributed by atoms with Crippen LogP contribution in [0.3, 0.4) is 0 Å². The average Bonchev–Trinajstić information content (AvgIpc) is 4.04. The second-order valence-corrected chi connectivity index (χ2v) is 21.6. The highest BCUT2D eigenvalue weighted by molar-refractivity contribution is 7.13. The van der Waals surface area contributed by atoms with Gasteiger partial charge >= 0.3 is 0 Å². The molecule has 0 saturated carbocycles. The number of aryl methyl sites for hydroxylation is 1. The number of alkyl halides is 1. The van der Waals surface area contributed by atoms with Crippen molar-refractivity contribution >= 4 is 40.0 Å². The number of β-amino-alcohol motifs (C(OH)–C–C–N with tert-alkyl or cyclic N) is 1. The minimum Gasteiger partial charge on any atom is -0.491 e. The zero-order valence-electron chi connectivity index (χ0n) is 42.7. The molecule has 2 aliphatic rings. The van der Waals surface area contributed by atoms with Crippen LogP contribution in [0, 0.1) is 24.0 Å². The molecule has 1 saturated heterocycles. The summed E-state index contributed by atoms with van der Waals surface area (Å²) >= 11 is 1.56. The van der Waals surface area contributed by atoms with Crippen molar-refractivity contribution in [3.8, 4) is 16.2 Å². The van der Waals surface area contributed by atoms with Crippen molar-refractivity contribution in [2.75, 3.05) is 46.1 Å². The number of fused-ring (bicyclic) bond motifs is 3. The topological polar surface area (TPSA) is 168 Å². The van der Waals surface area contributed by atoms with Crippen molar-refractivity contribution in [1.29, 1.82) is 0 Å². The molecule has 14 nitrogen and oxygen atoms in total. The van der Waals surface area contributed by atoms with Crippen LogP contribution in [0.25, 0.3) is 21.3 Å². The number of likely N-dealkylation sites (tertiary alicyclic amines) is 1. The SMILES string of the molecule is Cc1ncsc1-c1ccc(CNC(=O)[C@@H]2C[C@@H](O)CN2C(=O)[C@@H](NC(=O)COCCO[C@H](C)[C@@H](C)OCCOc2cc(F)c([C@@H]3c4[nH]c5ccccc5c4C[C@@H](C)N3CC(C)(C)F)c(F)c2)C(C)(C)C)cc1. The number of nitrogens with zero attached hydrogens (tertiary/aromatic N) is 3. The molecule has 1 fully saturated rings. The third-order valence-electron chi connectivity index (χ3n) is 13.3. The van der Waals surface area contributed by atoms with Crippen molar-refractivity contribution in [2.45, 2.75) is 130 Å². The third kappa shape index (κ3) is 13.2. The largest absolute Gasteiger partial charge is 0.491 e. The zero-order valence-corrected chi connectivity index (χ0v) is 43.5. The predicted octanol–water partition coefficient (Wildman–Crippen LogP) is 7.98. The standard InChI is InChI=1S/C54H69F3N6O8S/c1-31-22-40-39-12-10-11-13-43(39)60-47(40)48(63(31)29-54(8,9)57)46-41(55)24-38(25-42(46)56)71-21-20-70-34(4)33(3)69-19-18-68-28-45(65)61-50(53(5,6)7)52(67)62-27-37(64)23-44(62)51(66)58-26-35-14-16-36(17-15-35)49-32(2)59-30-72-49/h10-17,24-25,30-31,33-34,37,44,48,50,60,64H,18-23,26-29H2,1-9H3,(H,58,66)(H,61,65)/t31-,33-,34-,37-,44+,48-,50-/m1/s1. The summed E-state index contributed by atoms with van der Waals surface area (Å²) in [5.74, 6) is -3.02. The van der Waals surface area contributed by atoms with Crippen molar-refractivity contribution in [3.05, 3.63) is 106 Å². The highest BCUT2D eigenvalue weighted by Crippen LogP contribution is 2.44. The van der Waals surface area contributed by atoms with E-state index in [4.69, 9.17) is 18.9 Å². The number of halogens is 3. The third-order valence-corrected chi connectivity index (χ3v) is 14.3. The summed E-state index contributed by atoms with van der Waals surface area (Å²) in [5.41, 5.74) is 4.58. The van der Waals surface area contributed by atoms with Crippen LogP contribution in [-0.2, 0) is 41.6 Å². The minimum atomic E-state index is -1.62. The molecular weight excluding hydrogens is 950 g/mol. The number of aliphatic hydroxyl groups excluding tert-OH is 1. The smallest absolute Gasteiger partial charge is 0.246 e. The summed E-state index contributed by atoms with van der Waals surface area (Å²) in [7, 11) is 0. The van der Waals surface area contributed by atoms with E-state index in [-0.39, 0.29) is 76.4 Å². The lowest BCUT2D eigenvalue weighted by molar-refractivity contribution is -0.144. The number of para-hydroxylation sites is 1. The number of hydrogen-bond acceptors (Lipinski definition) is 11. The van der Waals surface area contributed by atoms with Gasteiger partial charge in [0.05, 0.1) is 60.3 Å². The molecule has 3 amide bonds. The molecule has 2 aromatic heterocycles. The molecule has 0 bridgehead atoms. The van der Waals surface area contributed by atoms with E-state index in [2.05, 4.69) is 20.6 Å². The van der Waals surface area contributed by atoms with Gasteiger partial charge in [0.25, 0.3) is 0 Å². The number of rotatable bonds is 21. The molecule has 5 aromatic rings. The van der Waals surface area contributed by atoms with Gasteiger partial charge in [-0.25, -0.2) is 18.2 Å². The van der Waals surface area contributed by atoms with Crippen LogP contribution in [0.1, 0.15) is 95.9 Å². The lowest BCUT2D eigenvalue weighted by atomic mass is 9.85. The Bertz CT molecular complexity index is 2640. The zero-order chi connectivity index (χ0) is 52.1. The molecule has 0 unspecified atom stereocenters. The average molecular weight is 1020 g/mol. The number of hydrogen-bond donors (Lipinski definition) is 4. The van der Waals surface area contributed by atoms with Crippen LogP contribution < -0.4 is 15.4 Å².